The fourth-order valence-corrected chi connectivity index (χ4v) is 4.84. The molecule has 0 radical (unpaired) electrons. The summed E-state index contributed by atoms with van der Waals surface area (Å²) >= 11 is 0. The molecule has 0 aliphatic heterocycles. The quantitative estimate of drug-likeness (QED) is 0.464. The standard InChI is InChI=1S/C25H50N2/c1-19(17-24(4,5)6)12-14-27(15-13-20(2)18-25(7,8)9)22-10-11-23(26)21(3)16-22/h10-11,19-23H,12-18,26H2,1-9H3/t19?,20?,21?,22-,23+/m1/s1. The van der Waals surface area contributed by atoms with Crippen LogP contribution in [0.5, 0.6) is 0 Å². The molecule has 2 N–H and O–H groups in total. The molecule has 1 rings (SSSR count). The molecular formula is C25H50N2. The van der Waals surface area contributed by atoms with E-state index in [0.29, 0.717) is 22.8 Å². The zero-order valence-corrected chi connectivity index (χ0v) is 20.0. The zero-order valence-electron chi connectivity index (χ0n) is 20.0. The minimum Gasteiger partial charge on any atom is -0.324 e. The molecular weight excluding hydrogens is 328 g/mol. The highest BCUT2D eigenvalue weighted by Gasteiger charge is 2.26. The highest BCUT2D eigenvalue weighted by Crippen LogP contribution is 2.29. The average molecular weight is 379 g/mol. The van der Waals surface area contributed by atoms with Crippen molar-refractivity contribution in [1.29, 1.82) is 0 Å². The van der Waals surface area contributed by atoms with Gasteiger partial charge >= 0.3 is 0 Å². The van der Waals surface area contributed by atoms with Gasteiger partial charge in [-0.2, -0.15) is 0 Å². The van der Waals surface area contributed by atoms with Crippen molar-refractivity contribution in [3.63, 3.8) is 0 Å². The number of rotatable bonds is 9. The Hall–Kier alpha value is -0.340. The molecule has 3 unspecified atom stereocenters. The Morgan fingerprint density at radius 3 is 1.70 bits per heavy atom. The first kappa shape index (κ1) is 24.7. The third-order valence-electron chi connectivity index (χ3n) is 6.03. The van der Waals surface area contributed by atoms with Crippen molar-refractivity contribution >= 4 is 0 Å². The number of hydrogen-bond acceptors (Lipinski definition) is 2. The summed E-state index contributed by atoms with van der Waals surface area (Å²) in [5, 5.41) is 0. The van der Waals surface area contributed by atoms with Crippen LogP contribution in [-0.2, 0) is 0 Å². The first-order valence-corrected chi connectivity index (χ1v) is 11.4. The second kappa shape index (κ2) is 10.4. The molecule has 0 spiro atoms. The zero-order chi connectivity index (χ0) is 20.8. The second-order valence-electron chi connectivity index (χ2n) is 12.1. The Morgan fingerprint density at radius 2 is 1.33 bits per heavy atom. The van der Waals surface area contributed by atoms with Gasteiger partial charge in [-0.25, -0.2) is 0 Å². The minimum atomic E-state index is 0.239. The van der Waals surface area contributed by atoms with E-state index in [1.165, 1.54) is 45.2 Å². The van der Waals surface area contributed by atoms with Crippen molar-refractivity contribution < 1.29 is 0 Å². The predicted octanol–water partition coefficient (Wildman–Crippen LogP) is 6.51. The molecule has 0 fully saturated rings. The van der Waals surface area contributed by atoms with E-state index in [2.05, 4.69) is 79.4 Å². The van der Waals surface area contributed by atoms with Gasteiger partial charge in [0.05, 0.1) is 0 Å². The molecule has 0 amide bonds. The van der Waals surface area contributed by atoms with Gasteiger partial charge in [0.25, 0.3) is 0 Å². The molecule has 0 aromatic heterocycles. The number of nitrogens with zero attached hydrogens (tertiary/aromatic N) is 1. The molecule has 0 heterocycles. The lowest BCUT2D eigenvalue weighted by atomic mass is 9.83. The molecule has 0 saturated carbocycles. The molecule has 0 aromatic carbocycles. The third-order valence-corrected chi connectivity index (χ3v) is 6.03. The maximum Gasteiger partial charge on any atom is 0.0282 e. The van der Waals surface area contributed by atoms with E-state index >= 15 is 0 Å². The lowest BCUT2D eigenvalue weighted by Gasteiger charge is -2.37. The van der Waals surface area contributed by atoms with Crippen LogP contribution < -0.4 is 5.73 Å². The summed E-state index contributed by atoms with van der Waals surface area (Å²) in [5.74, 6) is 2.15. The summed E-state index contributed by atoms with van der Waals surface area (Å²) in [5.41, 5.74) is 7.07. The normalized spacial score (nSPS) is 26.4. The second-order valence-corrected chi connectivity index (χ2v) is 12.1. The van der Waals surface area contributed by atoms with Gasteiger partial charge in [0.2, 0.25) is 0 Å². The molecule has 1 aliphatic carbocycles. The maximum absolute atomic E-state index is 6.22. The van der Waals surface area contributed by atoms with Gasteiger partial charge in [-0.3, -0.25) is 4.90 Å². The molecule has 27 heavy (non-hydrogen) atoms. The van der Waals surface area contributed by atoms with Crippen LogP contribution in [0.2, 0.25) is 0 Å². The van der Waals surface area contributed by atoms with E-state index in [9.17, 15) is 0 Å². The molecule has 2 nitrogen and oxygen atoms in total. The predicted molar refractivity (Wildman–Crippen MR) is 122 cm³/mol. The summed E-state index contributed by atoms with van der Waals surface area (Å²) in [6.07, 6.45) is 11.1. The van der Waals surface area contributed by atoms with Crippen molar-refractivity contribution in [2.24, 2.45) is 34.3 Å². The minimum absolute atomic E-state index is 0.239. The fourth-order valence-electron chi connectivity index (χ4n) is 4.84. The SMILES string of the molecule is CC(CCN(CCC(C)CC(C)(C)C)[C@@H]1C=C[C@H](N)C(C)C1)CC(C)(C)C. The average Bonchev–Trinajstić information content (AvgIpc) is 2.46. The smallest absolute Gasteiger partial charge is 0.0282 e. The molecule has 0 bridgehead atoms. The lowest BCUT2D eigenvalue weighted by Crippen LogP contribution is -2.43. The molecule has 0 saturated heterocycles. The summed E-state index contributed by atoms with van der Waals surface area (Å²) in [7, 11) is 0. The van der Waals surface area contributed by atoms with Crippen molar-refractivity contribution in [2.45, 2.75) is 107 Å². The van der Waals surface area contributed by atoms with Crippen LogP contribution in [0.1, 0.15) is 94.4 Å². The first-order chi connectivity index (χ1) is 12.3. The van der Waals surface area contributed by atoms with Gasteiger partial charge in [0, 0.05) is 12.1 Å². The van der Waals surface area contributed by atoms with E-state index in [-0.39, 0.29) is 6.04 Å². The van der Waals surface area contributed by atoms with Gasteiger partial charge in [0.1, 0.15) is 0 Å². The van der Waals surface area contributed by atoms with Crippen LogP contribution in [0.15, 0.2) is 12.2 Å². The molecule has 160 valence electrons. The van der Waals surface area contributed by atoms with Crippen LogP contribution in [0, 0.1) is 28.6 Å². The summed E-state index contributed by atoms with van der Waals surface area (Å²) in [6.45, 7) is 23.8. The van der Waals surface area contributed by atoms with E-state index < -0.39 is 0 Å². The Labute approximate surface area is 171 Å². The molecule has 5 atom stereocenters. The lowest BCUT2D eigenvalue weighted by molar-refractivity contribution is 0.158. The van der Waals surface area contributed by atoms with Crippen molar-refractivity contribution in [3.05, 3.63) is 12.2 Å². The Bertz CT molecular complexity index is 414. The van der Waals surface area contributed by atoms with Gasteiger partial charge < -0.3 is 5.73 Å². The Balaban J connectivity index is 2.67. The van der Waals surface area contributed by atoms with E-state index in [1.54, 1.807) is 0 Å². The van der Waals surface area contributed by atoms with Crippen LogP contribution in [0.3, 0.4) is 0 Å². The highest BCUT2D eigenvalue weighted by atomic mass is 15.1. The van der Waals surface area contributed by atoms with Crippen molar-refractivity contribution in [3.8, 4) is 0 Å². The highest BCUT2D eigenvalue weighted by molar-refractivity contribution is 5.07. The van der Waals surface area contributed by atoms with E-state index in [4.69, 9.17) is 5.73 Å². The van der Waals surface area contributed by atoms with Crippen LogP contribution in [-0.4, -0.2) is 30.1 Å². The number of hydrogen-bond donors (Lipinski definition) is 1. The van der Waals surface area contributed by atoms with Gasteiger partial charge in [-0.05, 0) is 73.8 Å². The topological polar surface area (TPSA) is 29.3 Å². The van der Waals surface area contributed by atoms with Gasteiger partial charge in [-0.1, -0.05) is 74.5 Å². The van der Waals surface area contributed by atoms with Gasteiger partial charge in [0.15, 0.2) is 0 Å². The third kappa shape index (κ3) is 10.7. The first-order valence-electron chi connectivity index (χ1n) is 11.4. The van der Waals surface area contributed by atoms with Crippen LogP contribution in [0.25, 0.3) is 0 Å². The summed E-state index contributed by atoms with van der Waals surface area (Å²) in [4.78, 5) is 2.76. The van der Waals surface area contributed by atoms with Crippen LogP contribution in [0.4, 0.5) is 0 Å². The Morgan fingerprint density at radius 1 is 0.889 bits per heavy atom. The Kier molecular flexibility index (Phi) is 9.55. The summed E-state index contributed by atoms with van der Waals surface area (Å²) in [6, 6.07) is 0.811. The molecule has 1 aliphatic rings. The maximum atomic E-state index is 6.22. The number of nitrogens with two attached hydrogens (primary N) is 1. The van der Waals surface area contributed by atoms with E-state index in [1.807, 2.05) is 0 Å². The largest absolute Gasteiger partial charge is 0.324 e. The molecule has 2 heteroatoms. The monoisotopic (exact) mass is 378 g/mol. The fraction of sp³-hybridized carbons (Fsp3) is 0.920. The van der Waals surface area contributed by atoms with Crippen LogP contribution >= 0.6 is 0 Å². The molecule has 0 aromatic rings. The van der Waals surface area contributed by atoms with Gasteiger partial charge in [-0.15, -0.1) is 0 Å². The summed E-state index contributed by atoms with van der Waals surface area (Å²) < 4.78 is 0. The van der Waals surface area contributed by atoms with Crippen molar-refractivity contribution in [1.82, 2.24) is 4.90 Å². The van der Waals surface area contributed by atoms with Crippen molar-refractivity contribution in [2.75, 3.05) is 13.1 Å². The van der Waals surface area contributed by atoms with E-state index in [0.717, 1.165) is 11.8 Å².